The molecule has 0 fully saturated rings. The number of hydrogen-bond donors (Lipinski definition) is 0. The lowest BCUT2D eigenvalue weighted by Crippen LogP contribution is -2.20. The van der Waals surface area contributed by atoms with Gasteiger partial charge in [0.15, 0.2) is 0 Å². The van der Waals surface area contributed by atoms with Gasteiger partial charge < -0.3 is 0 Å². The first-order valence-corrected chi connectivity index (χ1v) is 3.80. The van der Waals surface area contributed by atoms with Crippen LogP contribution in [0.1, 0.15) is 6.92 Å². The molecule has 0 N–H and O–H groups in total. The van der Waals surface area contributed by atoms with E-state index in [1.807, 2.05) is 0 Å². The number of alkyl halides is 3. The van der Waals surface area contributed by atoms with Crippen LogP contribution < -0.4 is 0 Å². The summed E-state index contributed by atoms with van der Waals surface area (Å²) in [6.07, 6.45) is 0.822. The molecular formula is C4H5F3O2S. The summed E-state index contributed by atoms with van der Waals surface area (Å²) in [5, 5.41) is 0.118. The molecule has 0 aliphatic rings. The van der Waals surface area contributed by atoms with Gasteiger partial charge in [-0.15, -0.1) is 0 Å². The molecule has 10 heavy (non-hydrogen) atoms. The fourth-order valence-electron chi connectivity index (χ4n) is 0.256. The second-order valence-electron chi connectivity index (χ2n) is 1.46. The van der Waals surface area contributed by atoms with Crippen LogP contribution in [0.3, 0.4) is 0 Å². The first kappa shape index (κ1) is 9.48. The summed E-state index contributed by atoms with van der Waals surface area (Å²) < 4.78 is 54.2. The number of sulfone groups is 1. The van der Waals surface area contributed by atoms with Gasteiger partial charge in [0.1, 0.15) is 0 Å². The van der Waals surface area contributed by atoms with E-state index in [2.05, 4.69) is 0 Å². The zero-order valence-electron chi connectivity index (χ0n) is 5.01. The quantitative estimate of drug-likeness (QED) is 0.603. The lowest BCUT2D eigenvalue weighted by Gasteiger charge is -2.01. The van der Waals surface area contributed by atoms with Crippen molar-refractivity contribution in [2.75, 3.05) is 0 Å². The van der Waals surface area contributed by atoms with E-state index >= 15 is 0 Å². The molecule has 2 nitrogen and oxygen atoms in total. The van der Waals surface area contributed by atoms with Crippen molar-refractivity contribution >= 4 is 9.84 Å². The predicted molar refractivity (Wildman–Crippen MR) is 29.8 cm³/mol. The van der Waals surface area contributed by atoms with Crippen molar-refractivity contribution in [3.8, 4) is 0 Å². The minimum Gasteiger partial charge on any atom is -0.215 e. The Morgan fingerprint density at radius 3 is 1.80 bits per heavy atom. The first-order valence-electron chi connectivity index (χ1n) is 2.25. The fraction of sp³-hybridized carbons (Fsp3) is 0.500. The van der Waals surface area contributed by atoms with Gasteiger partial charge in [-0.1, -0.05) is 6.08 Å². The highest BCUT2D eigenvalue weighted by Crippen LogP contribution is 2.24. The maximum absolute atomic E-state index is 11.4. The maximum atomic E-state index is 11.4. The number of hydrogen-bond acceptors (Lipinski definition) is 2. The molecule has 0 spiro atoms. The lowest BCUT2D eigenvalue weighted by molar-refractivity contribution is -0.0423. The third kappa shape index (κ3) is 2.02. The van der Waals surface area contributed by atoms with E-state index in [0.29, 0.717) is 0 Å². The van der Waals surface area contributed by atoms with E-state index in [0.717, 1.165) is 6.08 Å². The van der Waals surface area contributed by atoms with Crippen LogP contribution in [-0.2, 0) is 9.84 Å². The molecule has 0 amide bonds. The van der Waals surface area contributed by atoms with Crippen molar-refractivity contribution in [3.05, 3.63) is 11.5 Å². The summed E-state index contributed by atoms with van der Waals surface area (Å²) in [5.74, 6) is 0. The summed E-state index contributed by atoms with van der Waals surface area (Å²) in [5.41, 5.74) is -5.17. The Hall–Kier alpha value is -0.520. The Labute approximate surface area is 56.3 Å². The van der Waals surface area contributed by atoms with Gasteiger partial charge in [0, 0.05) is 5.41 Å². The smallest absolute Gasteiger partial charge is 0.215 e. The molecule has 0 atom stereocenters. The second kappa shape index (κ2) is 2.61. The highest BCUT2D eigenvalue weighted by Gasteiger charge is 2.43. The van der Waals surface area contributed by atoms with E-state index in [1.165, 1.54) is 6.92 Å². The summed E-state index contributed by atoms with van der Waals surface area (Å²) in [7, 11) is -5.03. The number of allylic oxidation sites excluding steroid dienone is 1. The van der Waals surface area contributed by atoms with Crippen LogP contribution in [0.5, 0.6) is 0 Å². The molecule has 0 radical (unpaired) electrons. The number of halogens is 3. The summed E-state index contributed by atoms with van der Waals surface area (Å²) >= 11 is 0. The molecular weight excluding hydrogens is 169 g/mol. The molecule has 0 saturated carbocycles. The van der Waals surface area contributed by atoms with E-state index in [9.17, 15) is 21.6 Å². The number of rotatable bonds is 1. The van der Waals surface area contributed by atoms with Crippen LogP contribution in [0.15, 0.2) is 11.5 Å². The molecule has 0 rings (SSSR count). The van der Waals surface area contributed by atoms with Gasteiger partial charge in [-0.25, -0.2) is 8.42 Å². The average Bonchev–Trinajstić information content (AvgIpc) is 1.61. The zero-order chi connectivity index (χ0) is 8.41. The Bertz CT molecular complexity index is 223. The van der Waals surface area contributed by atoms with Crippen molar-refractivity contribution in [1.29, 1.82) is 0 Å². The SMILES string of the molecule is C/C=C/S(=O)(=O)C(F)(F)F. The molecule has 0 bridgehead atoms. The molecule has 0 unspecified atom stereocenters. The Balaban J connectivity index is 4.78. The summed E-state index contributed by atoms with van der Waals surface area (Å²) in [6, 6.07) is 0. The van der Waals surface area contributed by atoms with Gasteiger partial charge >= 0.3 is 5.51 Å². The predicted octanol–water partition coefficient (Wildman–Crippen LogP) is 1.45. The van der Waals surface area contributed by atoms with Crippen molar-refractivity contribution < 1.29 is 21.6 Å². The standard InChI is InChI=1S/C4H5F3O2S/c1-2-3-10(8,9)4(5,6)7/h2-3H,1H3/b3-2+. The second-order valence-corrected chi connectivity index (χ2v) is 3.29. The third-order valence-electron chi connectivity index (χ3n) is 0.638. The van der Waals surface area contributed by atoms with Crippen molar-refractivity contribution in [2.24, 2.45) is 0 Å². The van der Waals surface area contributed by atoms with E-state index in [4.69, 9.17) is 0 Å². The Kier molecular flexibility index (Phi) is 2.48. The largest absolute Gasteiger partial charge is 0.501 e. The van der Waals surface area contributed by atoms with Gasteiger partial charge in [-0.2, -0.15) is 13.2 Å². The van der Waals surface area contributed by atoms with E-state index < -0.39 is 15.3 Å². The van der Waals surface area contributed by atoms with Gasteiger partial charge in [0.25, 0.3) is 9.84 Å². The molecule has 0 aromatic carbocycles. The topological polar surface area (TPSA) is 34.1 Å². The van der Waals surface area contributed by atoms with Crippen LogP contribution in [0.4, 0.5) is 13.2 Å². The van der Waals surface area contributed by atoms with Crippen LogP contribution in [0.25, 0.3) is 0 Å². The maximum Gasteiger partial charge on any atom is 0.501 e. The molecule has 0 aromatic heterocycles. The van der Waals surface area contributed by atoms with E-state index in [1.54, 1.807) is 0 Å². The molecule has 60 valence electrons. The monoisotopic (exact) mass is 174 g/mol. The van der Waals surface area contributed by atoms with Crippen LogP contribution >= 0.6 is 0 Å². The Morgan fingerprint density at radius 2 is 1.70 bits per heavy atom. The minimum absolute atomic E-state index is 0.118. The third-order valence-corrected chi connectivity index (χ3v) is 1.91. The first-order chi connectivity index (χ1) is 4.31. The van der Waals surface area contributed by atoms with Gasteiger partial charge in [0.2, 0.25) is 0 Å². The van der Waals surface area contributed by atoms with Crippen molar-refractivity contribution in [2.45, 2.75) is 12.4 Å². The van der Waals surface area contributed by atoms with Crippen LogP contribution in [0, 0.1) is 0 Å². The Morgan fingerprint density at radius 1 is 1.30 bits per heavy atom. The van der Waals surface area contributed by atoms with Gasteiger partial charge in [-0.05, 0) is 6.92 Å². The van der Waals surface area contributed by atoms with Gasteiger partial charge in [-0.3, -0.25) is 0 Å². The molecule has 0 aromatic rings. The van der Waals surface area contributed by atoms with E-state index in [-0.39, 0.29) is 5.41 Å². The molecule has 0 saturated heterocycles. The molecule has 0 aliphatic carbocycles. The molecule has 0 aliphatic heterocycles. The van der Waals surface area contributed by atoms with Crippen LogP contribution in [-0.4, -0.2) is 13.9 Å². The highest BCUT2D eigenvalue weighted by atomic mass is 32.2. The lowest BCUT2D eigenvalue weighted by atomic mass is 10.8. The minimum atomic E-state index is -5.17. The van der Waals surface area contributed by atoms with Crippen molar-refractivity contribution in [3.63, 3.8) is 0 Å². The molecule has 0 heterocycles. The van der Waals surface area contributed by atoms with Crippen LogP contribution in [0.2, 0.25) is 0 Å². The zero-order valence-corrected chi connectivity index (χ0v) is 5.83. The normalized spacial score (nSPS) is 14.4. The van der Waals surface area contributed by atoms with Gasteiger partial charge in [0.05, 0.1) is 0 Å². The molecule has 6 heteroatoms. The highest BCUT2D eigenvalue weighted by molar-refractivity contribution is 7.95. The van der Waals surface area contributed by atoms with Crippen molar-refractivity contribution in [1.82, 2.24) is 0 Å². The summed E-state index contributed by atoms with van der Waals surface area (Å²) in [4.78, 5) is 0. The summed E-state index contributed by atoms with van der Waals surface area (Å²) in [6.45, 7) is 1.20. The average molecular weight is 174 g/mol. The fourth-order valence-corrected chi connectivity index (χ4v) is 0.769.